The lowest BCUT2D eigenvalue weighted by molar-refractivity contribution is -0.146. The molecule has 1 aromatic heterocycles. The number of sulfonamides is 1. The van der Waals surface area contributed by atoms with Gasteiger partial charge in [-0.15, -0.1) is 0 Å². The third-order valence-corrected chi connectivity index (χ3v) is 6.62. The number of aryl methyl sites for hydroxylation is 1. The Kier molecular flexibility index (Phi) is 5.45. The molecule has 2 fully saturated rings. The van der Waals surface area contributed by atoms with Crippen LogP contribution in [0.2, 0.25) is 0 Å². The number of rotatable bonds is 5. The molecule has 1 aromatic rings. The quantitative estimate of drug-likeness (QED) is 0.811. The summed E-state index contributed by atoms with van der Waals surface area (Å²) < 4.78 is 33.8. The van der Waals surface area contributed by atoms with Gasteiger partial charge >= 0.3 is 0 Å². The third-order valence-electron chi connectivity index (χ3n) is 5.17. The Bertz CT molecular complexity index is 717. The Morgan fingerprint density at radius 1 is 1.40 bits per heavy atom. The number of nitrogens with zero attached hydrogens (tertiary/aromatic N) is 3. The predicted octanol–water partition coefficient (Wildman–Crippen LogP) is 0.428. The van der Waals surface area contributed by atoms with Crippen molar-refractivity contribution in [3.63, 3.8) is 0 Å². The molecule has 0 aliphatic carbocycles. The number of hydrogen-bond acceptors (Lipinski definition) is 5. The lowest BCUT2D eigenvalue weighted by atomic mass is 9.90. The summed E-state index contributed by atoms with van der Waals surface area (Å²) in [5, 5.41) is 4.18. The van der Waals surface area contributed by atoms with Crippen molar-refractivity contribution >= 4 is 15.9 Å². The van der Waals surface area contributed by atoms with E-state index in [0.29, 0.717) is 13.2 Å². The van der Waals surface area contributed by atoms with Crippen LogP contribution in [0.25, 0.3) is 0 Å². The topological polar surface area (TPSA) is 93.5 Å². The fourth-order valence-corrected chi connectivity index (χ4v) is 4.86. The largest absolute Gasteiger partial charge is 0.371 e. The highest BCUT2D eigenvalue weighted by atomic mass is 32.2. The number of nitrogens with one attached hydrogen (secondary N) is 1. The van der Waals surface area contributed by atoms with Crippen molar-refractivity contribution < 1.29 is 17.9 Å². The SMILES string of the molecule is CNS(=O)(=O)CC1CCCN1C(=O)[C@@H]1CCCO[C@H]1c1ccnn1C. The fourth-order valence-electron chi connectivity index (χ4n) is 3.84. The van der Waals surface area contributed by atoms with E-state index in [9.17, 15) is 13.2 Å². The van der Waals surface area contributed by atoms with E-state index in [1.807, 2.05) is 13.1 Å². The molecule has 2 aliphatic rings. The van der Waals surface area contributed by atoms with Crippen molar-refractivity contribution in [2.75, 3.05) is 26.0 Å². The summed E-state index contributed by atoms with van der Waals surface area (Å²) in [5.41, 5.74) is 0.886. The number of carbonyl (C=O) groups excluding carboxylic acids is 1. The molecular weight excluding hydrogens is 344 g/mol. The van der Waals surface area contributed by atoms with Gasteiger partial charge in [0.15, 0.2) is 0 Å². The molecule has 0 spiro atoms. The lowest BCUT2D eigenvalue weighted by Gasteiger charge is -2.35. The summed E-state index contributed by atoms with van der Waals surface area (Å²) in [7, 11) is -0.106. The maximum absolute atomic E-state index is 13.2. The summed E-state index contributed by atoms with van der Waals surface area (Å²) in [6, 6.07) is 1.61. The van der Waals surface area contributed by atoms with Crippen LogP contribution in [0.4, 0.5) is 0 Å². The predicted molar refractivity (Wildman–Crippen MR) is 92.2 cm³/mol. The van der Waals surface area contributed by atoms with E-state index < -0.39 is 10.0 Å². The van der Waals surface area contributed by atoms with Crippen LogP contribution in [-0.2, 0) is 26.6 Å². The van der Waals surface area contributed by atoms with Crippen molar-refractivity contribution in [1.82, 2.24) is 19.4 Å². The Morgan fingerprint density at radius 3 is 2.88 bits per heavy atom. The van der Waals surface area contributed by atoms with Gasteiger partial charge in [-0.3, -0.25) is 9.48 Å². The van der Waals surface area contributed by atoms with Crippen LogP contribution >= 0.6 is 0 Å². The number of hydrogen-bond donors (Lipinski definition) is 1. The molecular formula is C16H26N4O4S. The summed E-state index contributed by atoms with van der Waals surface area (Å²) >= 11 is 0. The van der Waals surface area contributed by atoms with E-state index in [1.54, 1.807) is 15.8 Å². The first kappa shape index (κ1) is 18.3. The summed E-state index contributed by atoms with van der Waals surface area (Å²) in [4.78, 5) is 15.0. The van der Waals surface area contributed by atoms with Gasteiger partial charge in [-0.1, -0.05) is 0 Å². The van der Waals surface area contributed by atoms with Gasteiger partial charge in [-0.2, -0.15) is 5.10 Å². The van der Waals surface area contributed by atoms with Crippen molar-refractivity contribution in [1.29, 1.82) is 0 Å². The molecule has 9 heteroatoms. The fraction of sp³-hybridized carbons (Fsp3) is 0.750. The molecule has 0 bridgehead atoms. The van der Waals surface area contributed by atoms with Gasteiger partial charge < -0.3 is 9.64 Å². The first-order chi connectivity index (χ1) is 11.9. The second kappa shape index (κ2) is 7.43. The second-order valence-electron chi connectivity index (χ2n) is 6.73. The van der Waals surface area contributed by atoms with Crippen molar-refractivity contribution in [3.8, 4) is 0 Å². The highest BCUT2D eigenvalue weighted by molar-refractivity contribution is 7.89. The van der Waals surface area contributed by atoms with Crippen LogP contribution in [0, 0.1) is 5.92 Å². The molecule has 1 N–H and O–H groups in total. The summed E-state index contributed by atoms with van der Waals surface area (Å²) in [6.07, 6.45) is 4.51. The third kappa shape index (κ3) is 3.88. The molecule has 3 rings (SSSR count). The standard InChI is InChI=1S/C16H26N4O4S/c1-17-25(22,23)11-12-5-3-9-20(12)16(21)13-6-4-10-24-15(13)14-7-8-18-19(14)2/h7-8,12-13,15,17H,3-6,9-11H2,1-2H3/t12?,13-,15-/m1/s1. The Labute approximate surface area is 148 Å². The minimum atomic E-state index is -3.35. The van der Waals surface area contributed by atoms with E-state index in [4.69, 9.17) is 4.74 Å². The molecule has 0 saturated carbocycles. The smallest absolute Gasteiger partial charge is 0.229 e. The molecule has 2 saturated heterocycles. The normalized spacial score (nSPS) is 27.6. The van der Waals surface area contributed by atoms with Crippen LogP contribution in [0.3, 0.4) is 0 Å². The van der Waals surface area contributed by atoms with Crippen LogP contribution in [0.5, 0.6) is 0 Å². The summed E-state index contributed by atoms with van der Waals surface area (Å²) in [6.45, 7) is 1.23. The van der Waals surface area contributed by atoms with Gasteiger partial charge in [0.1, 0.15) is 6.10 Å². The van der Waals surface area contributed by atoms with Gasteiger partial charge in [0.25, 0.3) is 0 Å². The first-order valence-electron chi connectivity index (χ1n) is 8.74. The molecule has 8 nitrogen and oxygen atoms in total. The minimum Gasteiger partial charge on any atom is -0.371 e. The maximum atomic E-state index is 13.2. The Morgan fingerprint density at radius 2 is 2.20 bits per heavy atom. The van der Waals surface area contributed by atoms with Crippen molar-refractivity contribution in [2.45, 2.75) is 37.8 Å². The molecule has 0 radical (unpaired) electrons. The zero-order valence-electron chi connectivity index (χ0n) is 14.7. The zero-order valence-corrected chi connectivity index (χ0v) is 15.5. The second-order valence-corrected chi connectivity index (χ2v) is 8.70. The number of ether oxygens (including phenoxy) is 1. The van der Waals surface area contributed by atoms with Crippen molar-refractivity contribution in [3.05, 3.63) is 18.0 Å². The van der Waals surface area contributed by atoms with Crippen molar-refractivity contribution in [2.24, 2.45) is 13.0 Å². The highest BCUT2D eigenvalue weighted by Crippen LogP contribution is 2.36. The average molecular weight is 370 g/mol. The van der Waals surface area contributed by atoms with Gasteiger partial charge in [0, 0.05) is 32.4 Å². The lowest BCUT2D eigenvalue weighted by Crippen LogP contribution is -2.46. The first-order valence-corrected chi connectivity index (χ1v) is 10.4. The maximum Gasteiger partial charge on any atom is 0.229 e. The molecule has 1 unspecified atom stereocenters. The van der Waals surface area contributed by atoms with E-state index in [0.717, 1.165) is 31.4 Å². The van der Waals surface area contributed by atoms with E-state index in [-0.39, 0.29) is 29.7 Å². The van der Waals surface area contributed by atoms with Gasteiger partial charge in [-0.05, 0) is 38.8 Å². The van der Waals surface area contributed by atoms with E-state index in [1.165, 1.54) is 7.05 Å². The highest BCUT2D eigenvalue weighted by Gasteiger charge is 2.41. The molecule has 3 atom stereocenters. The van der Waals surface area contributed by atoms with Gasteiger partial charge in [0.05, 0.1) is 17.4 Å². The molecule has 1 amide bonds. The van der Waals surface area contributed by atoms with Crippen LogP contribution in [0.15, 0.2) is 12.3 Å². The number of aromatic nitrogens is 2. The van der Waals surface area contributed by atoms with E-state index >= 15 is 0 Å². The minimum absolute atomic E-state index is 0.000275. The molecule has 2 aliphatic heterocycles. The Hall–Kier alpha value is -1.45. The van der Waals surface area contributed by atoms with E-state index in [2.05, 4.69) is 9.82 Å². The number of carbonyl (C=O) groups is 1. The molecule has 3 heterocycles. The number of likely N-dealkylation sites (tertiary alicyclic amines) is 1. The van der Waals surface area contributed by atoms with Crippen LogP contribution in [0.1, 0.15) is 37.5 Å². The number of amides is 1. The van der Waals surface area contributed by atoms with Gasteiger partial charge in [0.2, 0.25) is 15.9 Å². The molecule has 140 valence electrons. The zero-order chi connectivity index (χ0) is 18.0. The molecule has 25 heavy (non-hydrogen) atoms. The Balaban J connectivity index is 1.79. The van der Waals surface area contributed by atoms with Gasteiger partial charge in [-0.25, -0.2) is 13.1 Å². The average Bonchev–Trinajstić information content (AvgIpc) is 3.22. The monoisotopic (exact) mass is 370 g/mol. The molecule has 0 aromatic carbocycles. The van der Waals surface area contributed by atoms with Crippen LogP contribution < -0.4 is 4.72 Å². The summed E-state index contributed by atoms with van der Waals surface area (Å²) in [5.74, 6) is -0.333. The van der Waals surface area contributed by atoms with Crippen LogP contribution in [-0.4, -0.2) is 61.0 Å².